The Balaban J connectivity index is 1.83. The molecule has 4 nitrogen and oxygen atoms in total. The Kier molecular flexibility index (Phi) is 3.13. The minimum atomic E-state index is 0.786. The zero-order valence-electron chi connectivity index (χ0n) is 8.87. The van der Waals surface area contributed by atoms with E-state index in [0.717, 1.165) is 35.2 Å². The highest BCUT2D eigenvalue weighted by Crippen LogP contribution is 2.08. The van der Waals surface area contributed by atoms with Gasteiger partial charge in [-0.3, -0.25) is 0 Å². The van der Waals surface area contributed by atoms with Gasteiger partial charge in [-0.2, -0.15) is 0 Å². The molecule has 5 heteroatoms. The van der Waals surface area contributed by atoms with Crippen LogP contribution in [0.1, 0.15) is 22.1 Å². The Hall–Kier alpha value is -1.20. The zero-order valence-corrected chi connectivity index (χ0v) is 9.69. The van der Waals surface area contributed by atoms with E-state index in [1.54, 1.807) is 17.7 Å². The van der Waals surface area contributed by atoms with Crippen molar-refractivity contribution in [3.63, 3.8) is 0 Å². The van der Waals surface area contributed by atoms with Gasteiger partial charge in [-0.1, -0.05) is 0 Å². The molecule has 0 saturated carbocycles. The van der Waals surface area contributed by atoms with Crippen LogP contribution in [0.3, 0.4) is 0 Å². The molecule has 2 heterocycles. The van der Waals surface area contributed by atoms with Gasteiger partial charge in [0.15, 0.2) is 0 Å². The summed E-state index contributed by atoms with van der Waals surface area (Å²) >= 11 is 1.69. The van der Waals surface area contributed by atoms with Crippen LogP contribution in [-0.2, 0) is 13.1 Å². The molecular formula is C10H14N4S. The molecule has 2 aromatic rings. The van der Waals surface area contributed by atoms with E-state index in [1.807, 2.05) is 13.8 Å². The molecule has 0 saturated heterocycles. The largest absolute Gasteiger partial charge is 0.348 e. The fourth-order valence-corrected chi connectivity index (χ4v) is 2.08. The first-order chi connectivity index (χ1) is 7.25. The Morgan fingerprint density at radius 3 is 2.87 bits per heavy atom. The van der Waals surface area contributed by atoms with E-state index in [4.69, 9.17) is 0 Å². The second-order valence-corrected chi connectivity index (χ2v) is 4.40. The van der Waals surface area contributed by atoms with E-state index >= 15 is 0 Å². The lowest BCUT2D eigenvalue weighted by molar-refractivity contribution is 0.675. The van der Waals surface area contributed by atoms with Crippen LogP contribution < -0.4 is 5.32 Å². The van der Waals surface area contributed by atoms with Crippen LogP contribution in [0.15, 0.2) is 11.7 Å². The van der Waals surface area contributed by atoms with Gasteiger partial charge in [-0.25, -0.2) is 9.97 Å². The molecule has 0 bridgehead atoms. The van der Waals surface area contributed by atoms with Crippen LogP contribution in [0.4, 0.5) is 0 Å². The topological polar surface area (TPSA) is 53.6 Å². The smallest absolute Gasteiger partial charge is 0.107 e. The number of rotatable bonds is 4. The lowest BCUT2D eigenvalue weighted by atomic mass is 10.3. The van der Waals surface area contributed by atoms with E-state index in [0.29, 0.717) is 0 Å². The molecule has 2 aromatic heterocycles. The highest BCUT2D eigenvalue weighted by Gasteiger charge is 2.01. The van der Waals surface area contributed by atoms with Gasteiger partial charge in [-0.05, 0) is 13.8 Å². The summed E-state index contributed by atoms with van der Waals surface area (Å²) < 4.78 is 0. The maximum atomic E-state index is 4.38. The number of aromatic amines is 1. The average molecular weight is 222 g/mol. The molecule has 0 amide bonds. The van der Waals surface area contributed by atoms with Gasteiger partial charge < -0.3 is 10.3 Å². The number of hydrogen-bond donors (Lipinski definition) is 2. The molecule has 0 aliphatic rings. The van der Waals surface area contributed by atoms with Crippen molar-refractivity contribution in [3.8, 4) is 0 Å². The number of hydrogen-bond acceptors (Lipinski definition) is 4. The molecule has 2 N–H and O–H groups in total. The van der Waals surface area contributed by atoms with Crippen molar-refractivity contribution in [1.82, 2.24) is 20.3 Å². The van der Waals surface area contributed by atoms with Crippen molar-refractivity contribution in [2.75, 3.05) is 0 Å². The van der Waals surface area contributed by atoms with Gasteiger partial charge in [0, 0.05) is 29.9 Å². The van der Waals surface area contributed by atoms with Crippen molar-refractivity contribution >= 4 is 11.3 Å². The number of aryl methyl sites for hydroxylation is 2. The molecule has 0 aromatic carbocycles. The quantitative estimate of drug-likeness (QED) is 0.829. The van der Waals surface area contributed by atoms with Crippen LogP contribution in [0, 0.1) is 13.8 Å². The molecule has 0 aliphatic carbocycles. The number of thiazole rings is 1. The molecule has 0 fully saturated rings. The number of nitrogens with zero attached hydrogens (tertiary/aromatic N) is 2. The predicted octanol–water partition coefficient (Wildman–Crippen LogP) is 1.77. The van der Waals surface area contributed by atoms with Gasteiger partial charge in [0.2, 0.25) is 0 Å². The highest BCUT2D eigenvalue weighted by molar-refractivity contribution is 7.09. The zero-order chi connectivity index (χ0) is 10.7. The first-order valence-electron chi connectivity index (χ1n) is 4.86. The molecular weight excluding hydrogens is 208 g/mol. The van der Waals surface area contributed by atoms with Crippen LogP contribution in [0.2, 0.25) is 0 Å². The van der Waals surface area contributed by atoms with E-state index < -0.39 is 0 Å². The van der Waals surface area contributed by atoms with E-state index in [-0.39, 0.29) is 0 Å². The monoisotopic (exact) mass is 222 g/mol. The third-order valence-corrected chi connectivity index (χ3v) is 3.14. The Morgan fingerprint density at radius 2 is 2.27 bits per heavy atom. The standard InChI is InChI=1S/C10H14N4S/c1-7-5-15-10(14-7)4-11-3-9-8(2)12-6-13-9/h5-6,11H,3-4H2,1-2H3,(H,12,13). The predicted molar refractivity (Wildman–Crippen MR) is 60.7 cm³/mol. The van der Waals surface area contributed by atoms with Crippen LogP contribution in [-0.4, -0.2) is 15.0 Å². The molecule has 0 atom stereocenters. The third kappa shape index (κ3) is 2.64. The summed E-state index contributed by atoms with van der Waals surface area (Å²) in [7, 11) is 0. The Bertz CT molecular complexity index is 432. The molecule has 15 heavy (non-hydrogen) atoms. The SMILES string of the molecule is Cc1csc(CNCc2nc[nH]c2C)n1. The first-order valence-corrected chi connectivity index (χ1v) is 5.74. The summed E-state index contributed by atoms with van der Waals surface area (Å²) in [6.45, 7) is 5.63. The molecule has 80 valence electrons. The summed E-state index contributed by atoms with van der Waals surface area (Å²) in [6, 6.07) is 0. The minimum absolute atomic E-state index is 0.786. The van der Waals surface area contributed by atoms with Gasteiger partial charge in [0.05, 0.1) is 12.0 Å². The summed E-state index contributed by atoms with van der Waals surface area (Å²) in [5.41, 5.74) is 3.29. The average Bonchev–Trinajstić information content (AvgIpc) is 2.77. The van der Waals surface area contributed by atoms with Crippen molar-refractivity contribution in [2.24, 2.45) is 0 Å². The molecule has 0 unspecified atom stereocenters. The number of nitrogens with one attached hydrogen (secondary N) is 2. The van der Waals surface area contributed by atoms with Gasteiger partial charge in [0.1, 0.15) is 5.01 Å². The lowest BCUT2D eigenvalue weighted by Crippen LogP contribution is -2.13. The second-order valence-electron chi connectivity index (χ2n) is 3.46. The number of H-pyrrole nitrogens is 1. The van der Waals surface area contributed by atoms with Crippen molar-refractivity contribution in [1.29, 1.82) is 0 Å². The maximum absolute atomic E-state index is 4.38. The van der Waals surface area contributed by atoms with Gasteiger partial charge in [0.25, 0.3) is 0 Å². The van der Waals surface area contributed by atoms with E-state index in [2.05, 4.69) is 25.6 Å². The van der Waals surface area contributed by atoms with Crippen LogP contribution in [0.5, 0.6) is 0 Å². The third-order valence-electron chi connectivity index (χ3n) is 2.17. The van der Waals surface area contributed by atoms with E-state index in [9.17, 15) is 0 Å². The fourth-order valence-electron chi connectivity index (χ4n) is 1.34. The summed E-state index contributed by atoms with van der Waals surface area (Å²) in [5.74, 6) is 0. The van der Waals surface area contributed by atoms with Crippen molar-refractivity contribution in [3.05, 3.63) is 33.8 Å². The fraction of sp³-hybridized carbons (Fsp3) is 0.400. The van der Waals surface area contributed by atoms with Crippen molar-refractivity contribution < 1.29 is 0 Å². The minimum Gasteiger partial charge on any atom is -0.348 e. The summed E-state index contributed by atoms with van der Waals surface area (Å²) in [5, 5.41) is 6.52. The maximum Gasteiger partial charge on any atom is 0.107 e. The van der Waals surface area contributed by atoms with Crippen LogP contribution >= 0.6 is 11.3 Å². The second kappa shape index (κ2) is 4.55. The van der Waals surface area contributed by atoms with Gasteiger partial charge >= 0.3 is 0 Å². The number of aromatic nitrogens is 3. The first kappa shape index (κ1) is 10.3. The van der Waals surface area contributed by atoms with E-state index in [1.165, 1.54) is 0 Å². The van der Waals surface area contributed by atoms with Gasteiger partial charge in [-0.15, -0.1) is 11.3 Å². The van der Waals surface area contributed by atoms with Crippen LogP contribution in [0.25, 0.3) is 0 Å². The summed E-state index contributed by atoms with van der Waals surface area (Å²) in [6.07, 6.45) is 1.72. The molecule has 0 spiro atoms. The molecule has 0 radical (unpaired) electrons. The van der Waals surface area contributed by atoms with Crippen molar-refractivity contribution in [2.45, 2.75) is 26.9 Å². The number of imidazole rings is 1. The Morgan fingerprint density at radius 1 is 1.40 bits per heavy atom. The lowest BCUT2D eigenvalue weighted by Gasteiger charge is -2.00. The normalized spacial score (nSPS) is 10.8. The highest BCUT2D eigenvalue weighted by atomic mass is 32.1. The Labute approximate surface area is 92.8 Å². The summed E-state index contributed by atoms with van der Waals surface area (Å²) in [4.78, 5) is 11.7. The molecule has 0 aliphatic heterocycles. The molecule has 2 rings (SSSR count).